The average Bonchev–Trinajstić information content (AvgIpc) is 2.74. The number of amides is 1. The largest absolute Gasteiger partial charge is 0.494 e. The molecule has 3 N–H and O–H groups in total. The van der Waals surface area contributed by atoms with Crippen LogP contribution in [0.5, 0.6) is 5.75 Å². The van der Waals surface area contributed by atoms with Gasteiger partial charge in [-0.2, -0.15) is 0 Å². The summed E-state index contributed by atoms with van der Waals surface area (Å²) in [4.78, 5) is 19.4. The van der Waals surface area contributed by atoms with Crippen LogP contribution in [0.1, 0.15) is 23.7 Å². The molecular formula is C21H31Cl2N5O2. The van der Waals surface area contributed by atoms with Gasteiger partial charge in [-0.25, -0.2) is 4.98 Å². The first-order valence-electron chi connectivity index (χ1n) is 9.92. The van der Waals surface area contributed by atoms with Gasteiger partial charge in [0.2, 0.25) is 0 Å². The fraction of sp³-hybridized carbons (Fsp3) is 0.429. The first kappa shape index (κ1) is 26.0. The van der Waals surface area contributed by atoms with Crippen molar-refractivity contribution in [2.45, 2.75) is 13.3 Å². The average molecular weight is 456 g/mol. The van der Waals surface area contributed by atoms with Gasteiger partial charge in [-0.05, 0) is 56.3 Å². The third-order valence-electron chi connectivity index (χ3n) is 4.63. The fourth-order valence-corrected chi connectivity index (χ4v) is 3.16. The summed E-state index contributed by atoms with van der Waals surface area (Å²) in [6, 6.07) is 11.2. The van der Waals surface area contributed by atoms with Crippen molar-refractivity contribution in [3.8, 4) is 5.75 Å². The number of halogens is 2. The summed E-state index contributed by atoms with van der Waals surface area (Å²) in [5.74, 6) is 1.25. The maximum atomic E-state index is 12.6. The Morgan fingerprint density at radius 1 is 1.17 bits per heavy atom. The van der Waals surface area contributed by atoms with Crippen molar-refractivity contribution in [3.05, 3.63) is 48.2 Å². The quantitative estimate of drug-likeness (QED) is 0.504. The van der Waals surface area contributed by atoms with E-state index < -0.39 is 0 Å². The first-order valence-corrected chi connectivity index (χ1v) is 9.92. The molecule has 1 aliphatic rings. The van der Waals surface area contributed by atoms with E-state index in [0.29, 0.717) is 24.5 Å². The molecule has 1 amide bonds. The van der Waals surface area contributed by atoms with Crippen molar-refractivity contribution < 1.29 is 9.53 Å². The second-order valence-corrected chi connectivity index (χ2v) is 6.68. The normalized spacial score (nSPS) is 13.5. The van der Waals surface area contributed by atoms with Crippen LogP contribution in [0, 0.1) is 0 Å². The number of benzene rings is 1. The number of carbonyl (C=O) groups excluding carboxylic acids is 1. The summed E-state index contributed by atoms with van der Waals surface area (Å²) < 4.78 is 5.46. The van der Waals surface area contributed by atoms with Crippen LogP contribution in [0.25, 0.3) is 0 Å². The van der Waals surface area contributed by atoms with E-state index in [1.807, 2.05) is 31.2 Å². The van der Waals surface area contributed by atoms with Crippen molar-refractivity contribution in [1.29, 1.82) is 0 Å². The van der Waals surface area contributed by atoms with Gasteiger partial charge in [0.25, 0.3) is 5.91 Å². The van der Waals surface area contributed by atoms with Gasteiger partial charge in [0.05, 0.1) is 12.2 Å². The molecule has 0 spiro atoms. The zero-order chi connectivity index (χ0) is 19.6. The Morgan fingerprint density at radius 2 is 1.90 bits per heavy atom. The van der Waals surface area contributed by atoms with Gasteiger partial charge in [-0.1, -0.05) is 0 Å². The number of carbonyl (C=O) groups is 1. The zero-order valence-electron chi connectivity index (χ0n) is 17.2. The van der Waals surface area contributed by atoms with Crippen LogP contribution in [0.4, 0.5) is 11.5 Å². The van der Waals surface area contributed by atoms with Crippen molar-refractivity contribution in [1.82, 2.24) is 20.5 Å². The Labute approximate surface area is 190 Å². The summed E-state index contributed by atoms with van der Waals surface area (Å²) in [7, 11) is 0. The Balaban J connectivity index is 0.00000225. The number of ether oxygens (including phenoxy) is 1. The molecule has 1 aromatic heterocycles. The van der Waals surface area contributed by atoms with Gasteiger partial charge in [-0.15, -0.1) is 24.8 Å². The molecule has 0 radical (unpaired) electrons. The number of hydrogen-bond donors (Lipinski definition) is 3. The molecule has 0 unspecified atom stereocenters. The minimum atomic E-state index is -0.109. The summed E-state index contributed by atoms with van der Waals surface area (Å²) in [5.41, 5.74) is 1.40. The van der Waals surface area contributed by atoms with Crippen LogP contribution < -0.4 is 20.7 Å². The molecule has 30 heavy (non-hydrogen) atoms. The van der Waals surface area contributed by atoms with E-state index in [0.717, 1.165) is 50.6 Å². The number of rotatable bonds is 9. The molecule has 3 rings (SSSR count). The highest BCUT2D eigenvalue weighted by atomic mass is 35.5. The molecule has 1 aliphatic heterocycles. The lowest BCUT2D eigenvalue weighted by Crippen LogP contribution is -2.44. The fourth-order valence-electron chi connectivity index (χ4n) is 3.16. The van der Waals surface area contributed by atoms with E-state index in [9.17, 15) is 4.79 Å². The molecule has 0 atom stereocenters. The third kappa shape index (κ3) is 7.99. The van der Waals surface area contributed by atoms with Crippen LogP contribution in [-0.2, 0) is 0 Å². The number of hydrogen-bond acceptors (Lipinski definition) is 6. The minimum absolute atomic E-state index is 0. The van der Waals surface area contributed by atoms with Gasteiger partial charge in [0.15, 0.2) is 0 Å². The lowest BCUT2D eigenvalue weighted by Gasteiger charge is -2.27. The Bertz CT molecular complexity index is 755. The standard InChI is InChI=1S/C21H29N5O2.2ClH/c1-2-28-18-8-6-17(7-9-18)25-20-19(5-3-10-23-20)21(27)24-11-4-14-26-15-12-22-13-16-26;;/h3,5-10,22H,2,4,11-16H2,1H3,(H,23,25)(H,24,27);2*1H. The molecule has 0 bridgehead atoms. The molecule has 0 saturated carbocycles. The highest BCUT2D eigenvalue weighted by molar-refractivity contribution is 5.99. The van der Waals surface area contributed by atoms with Gasteiger partial charge in [-0.3, -0.25) is 4.79 Å². The van der Waals surface area contributed by atoms with Crippen LogP contribution in [-0.4, -0.2) is 61.7 Å². The van der Waals surface area contributed by atoms with E-state index in [4.69, 9.17) is 4.74 Å². The molecule has 1 saturated heterocycles. The summed E-state index contributed by atoms with van der Waals surface area (Å²) in [6.45, 7) is 8.48. The van der Waals surface area contributed by atoms with E-state index in [1.54, 1.807) is 18.3 Å². The van der Waals surface area contributed by atoms with Crippen molar-refractivity contribution >= 4 is 42.2 Å². The highest BCUT2D eigenvalue weighted by Gasteiger charge is 2.13. The molecule has 0 aliphatic carbocycles. The first-order chi connectivity index (χ1) is 13.8. The highest BCUT2D eigenvalue weighted by Crippen LogP contribution is 2.21. The second kappa shape index (κ2) is 14.0. The molecule has 1 aromatic carbocycles. The Morgan fingerprint density at radius 3 is 2.60 bits per heavy atom. The van der Waals surface area contributed by atoms with Crippen LogP contribution in [0.2, 0.25) is 0 Å². The predicted molar refractivity (Wildman–Crippen MR) is 126 cm³/mol. The van der Waals surface area contributed by atoms with E-state index >= 15 is 0 Å². The molecular weight excluding hydrogens is 425 g/mol. The maximum absolute atomic E-state index is 12.6. The Hall–Kier alpha value is -2.06. The number of aromatic nitrogens is 1. The van der Waals surface area contributed by atoms with Crippen LogP contribution in [0.15, 0.2) is 42.6 Å². The molecule has 9 heteroatoms. The monoisotopic (exact) mass is 455 g/mol. The van der Waals surface area contributed by atoms with E-state index in [2.05, 4.69) is 25.8 Å². The maximum Gasteiger partial charge on any atom is 0.255 e. The van der Waals surface area contributed by atoms with Gasteiger partial charge < -0.3 is 25.6 Å². The third-order valence-corrected chi connectivity index (χ3v) is 4.63. The van der Waals surface area contributed by atoms with Crippen LogP contribution >= 0.6 is 24.8 Å². The van der Waals surface area contributed by atoms with Crippen molar-refractivity contribution in [2.24, 2.45) is 0 Å². The van der Waals surface area contributed by atoms with Gasteiger partial charge in [0, 0.05) is 44.6 Å². The second-order valence-electron chi connectivity index (χ2n) is 6.68. The number of piperazine rings is 1. The zero-order valence-corrected chi connectivity index (χ0v) is 18.9. The number of anilines is 2. The minimum Gasteiger partial charge on any atom is -0.494 e. The summed E-state index contributed by atoms with van der Waals surface area (Å²) in [5, 5.41) is 9.58. The summed E-state index contributed by atoms with van der Waals surface area (Å²) >= 11 is 0. The number of nitrogens with zero attached hydrogens (tertiary/aromatic N) is 2. The lowest BCUT2D eigenvalue weighted by atomic mass is 10.2. The molecule has 7 nitrogen and oxygen atoms in total. The van der Waals surface area contributed by atoms with E-state index in [1.165, 1.54) is 0 Å². The van der Waals surface area contributed by atoms with Crippen molar-refractivity contribution in [3.63, 3.8) is 0 Å². The SMILES string of the molecule is CCOc1ccc(Nc2ncccc2C(=O)NCCCN2CCNCC2)cc1.Cl.Cl. The van der Waals surface area contributed by atoms with Gasteiger partial charge >= 0.3 is 0 Å². The lowest BCUT2D eigenvalue weighted by molar-refractivity contribution is 0.0952. The number of nitrogens with one attached hydrogen (secondary N) is 3. The van der Waals surface area contributed by atoms with E-state index in [-0.39, 0.29) is 30.7 Å². The van der Waals surface area contributed by atoms with Crippen molar-refractivity contribution in [2.75, 3.05) is 51.2 Å². The predicted octanol–water partition coefficient (Wildman–Crippen LogP) is 3.09. The molecule has 166 valence electrons. The molecule has 2 aromatic rings. The smallest absolute Gasteiger partial charge is 0.255 e. The molecule has 2 heterocycles. The Kier molecular flexibility index (Phi) is 12.2. The van der Waals surface area contributed by atoms with Crippen LogP contribution in [0.3, 0.4) is 0 Å². The number of pyridine rings is 1. The topological polar surface area (TPSA) is 78.5 Å². The van der Waals surface area contributed by atoms with Gasteiger partial charge in [0.1, 0.15) is 11.6 Å². The summed E-state index contributed by atoms with van der Waals surface area (Å²) in [6.07, 6.45) is 2.62. The molecule has 1 fully saturated rings.